The molecule has 14 heavy (non-hydrogen) atoms. The summed E-state index contributed by atoms with van der Waals surface area (Å²) < 4.78 is 0. The lowest BCUT2D eigenvalue weighted by Gasteiger charge is -2.15. The van der Waals surface area contributed by atoms with E-state index in [-0.39, 0.29) is 5.41 Å². The number of thiophene rings is 1. The van der Waals surface area contributed by atoms with Gasteiger partial charge < -0.3 is 0 Å². The molecule has 1 unspecified atom stereocenters. The summed E-state index contributed by atoms with van der Waals surface area (Å²) in [5.41, 5.74) is 0.275. The topological polar surface area (TPSA) is 0 Å². The van der Waals surface area contributed by atoms with E-state index >= 15 is 0 Å². The number of alkyl halides is 1. The van der Waals surface area contributed by atoms with E-state index in [0.717, 1.165) is 0 Å². The van der Waals surface area contributed by atoms with Crippen molar-refractivity contribution in [3.63, 3.8) is 0 Å². The van der Waals surface area contributed by atoms with Crippen LogP contribution in [-0.4, -0.2) is 4.83 Å². The third kappa shape index (κ3) is 3.58. The zero-order valence-electron chi connectivity index (χ0n) is 9.17. The van der Waals surface area contributed by atoms with Gasteiger partial charge in [-0.2, -0.15) is 0 Å². The molecular formula is C12H17BrS. The minimum Gasteiger partial charge on any atom is -0.140 e. The second-order valence-corrected chi connectivity index (χ2v) is 7.05. The lowest BCUT2D eigenvalue weighted by atomic mass is 9.95. The molecule has 1 atom stereocenters. The van der Waals surface area contributed by atoms with E-state index < -0.39 is 0 Å². The molecule has 0 N–H and O–H groups in total. The van der Waals surface area contributed by atoms with E-state index in [4.69, 9.17) is 0 Å². The number of hydrogen-bond donors (Lipinski definition) is 0. The zero-order valence-corrected chi connectivity index (χ0v) is 11.6. The predicted octanol–water partition coefficient (Wildman–Crippen LogP) is 4.84. The van der Waals surface area contributed by atoms with Crippen molar-refractivity contribution in [2.75, 3.05) is 0 Å². The van der Waals surface area contributed by atoms with Gasteiger partial charge in [-0.25, -0.2) is 0 Å². The van der Waals surface area contributed by atoms with Crippen LogP contribution in [0, 0.1) is 0 Å². The summed E-state index contributed by atoms with van der Waals surface area (Å²) >= 11 is 5.37. The van der Waals surface area contributed by atoms with Crippen LogP contribution in [0.15, 0.2) is 18.2 Å². The molecule has 1 aromatic heterocycles. The molecule has 0 saturated carbocycles. The maximum Gasteiger partial charge on any atom is 0.0300 e. The molecule has 0 spiro atoms. The Morgan fingerprint density at radius 1 is 1.36 bits per heavy atom. The smallest absolute Gasteiger partial charge is 0.0300 e. The molecular weight excluding hydrogens is 256 g/mol. The molecule has 0 aliphatic carbocycles. The minimum absolute atomic E-state index is 0.275. The summed E-state index contributed by atoms with van der Waals surface area (Å²) in [7, 11) is 0. The summed E-state index contributed by atoms with van der Waals surface area (Å²) in [6, 6.07) is 4.42. The number of halogens is 1. The summed E-state index contributed by atoms with van der Waals surface area (Å²) in [5.74, 6) is 0. The molecule has 0 aliphatic rings. The zero-order chi connectivity index (χ0) is 10.8. The molecule has 1 aromatic rings. The SMILES string of the molecule is CC(Br)/C=C/c1ccc(C(C)(C)C)s1. The maximum atomic E-state index is 3.50. The molecule has 1 heterocycles. The van der Waals surface area contributed by atoms with E-state index in [1.165, 1.54) is 9.75 Å². The third-order valence-corrected chi connectivity index (χ3v) is 3.67. The van der Waals surface area contributed by atoms with E-state index in [1.807, 2.05) is 11.3 Å². The van der Waals surface area contributed by atoms with Gasteiger partial charge in [0.15, 0.2) is 0 Å². The highest BCUT2D eigenvalue weighted by molar-refractivity contribution is 9.09. The van der Waals surface area contributed by atoms with Crippen molar-refractivity contribution in [1.29, 1.82) is 0 Å². The van der Waals surface area contributed by atoms with Crippen LogP contribution in [0.5, 0.6) is 0 Å². The van der Waals surface area contributed by atoms with Gasteiger partial charge in [0.25, 0.3) is 0 Å². The normalized spacial score (nSPS) is 14.9. The van der Waals surface area contributed by atoms with Gasteiger partial charge in [0.2, 0.25) is 0 Å². The fraction of sp³-hybridized carbons (Fsp3) is 0.500. The Labute approximate surface area is 99.2 Å². The summed E-state index contributed by atoms with van der Waals surface area (Å²) in [6.07, 6.45) is 4.34. The van der Waals surface area contributed by atoms with E-state index in [0.29, 0.717) is 4.83 Å². The van der Waals surface area contributed by atoms with Gasteiger partial charge in [-0.05, 0) is 30.5 Å². The third-order valence-electron chi connectivity index (χ3n) is 1.89. The molecule has 0 saturated heterocycles. The first-order chi connectivity index (χ1) is 6.39. The first-order valence-electron chi connectivity index (χ1n) is 4.82. The number of allylic oxidation sites excluding steroid dienone is 1. The molecule has 0 amide bonds. The highest BCUT2D eigenvalue weighted by atomic mass is 79.9. The van der Waals surface area contributed by atoms with E-state index in [1.54, 1.807) is 0 Å². The van der Waals surface area contributed by atoms with E-state index in [2.05, 4.69) is 67.9 Å². The Bertz CT molecular complexity index is 315. The van der Waals surface area contributed by atoms with Crippen LogP contribution in [-0.2, 0) is 5.41 Å². The Morgan fingerprint density at radius 2 is 2.00 bits per heavy atom. The van der Waals surface area contributed by atoms with Gasteiger partial charge in [0.1, 0.15) is 0 Å². The van der Waals surface area contributed by atoms with Crippen molar-refractivity contribution in [3.05, 3.63) is 28.0 Å². The highest BCUT2D eigenvalue weighted by Gasteiger charge is 2.15. The van der Waals surface area contributed by atoms with Crippen LogP contribution >= 0.6 is 27.3 Å². The maximum absolute atomic E-state index is 3.50. The Kier molecular flexibility index (Phi) is 3.96. The van der Waals surface area contributed by atoms with Gasteiger partial charge >= 0.3 is 0 Å². The van der Waals surface area contributed by atoms with Gasteiger partial charge in [-0.15, -0.1) is 11.3 Å². The standard InChI is InChI=1S/C12H17BrS/c1-9(13)5-6-10-7-8-11(14-10)12(2,3)4/h5-9H,1-4H3/b6-5+. The summed E-state index contributed by atoms with van der Waals surface area (Å²) in [4.78, 5) is 3.23. The predicted molar refractivity (Wildman–Crippen MR) is 70.4 cm³/mol. The summed E-state index contributed by atoms with van der Waals surface area (Å²) in [6.45, 7) is 8.87. The van der Waals surface area contributed by atoms with Crippen LogP contribution in [0.3, 0.4) is 0 Å². The fourth-order valence-corrected chi connectivity index (χ4v) is 2.20. The van der Waals surface area contributed by atoms with Crippen molar-refractivity contribution in [1.82, 2.24) is 0 Å². The molecule has 0 radical (unpaired) electrons. The molecule has 0 aromatic carbocycles. The quantitative estimate of drug-likeness (QED) is 0.676. The molecule has 0 bridgehead atoms. The summed E-state index contributed by atoms with van der Waals surface area (Å²) in [5, 5.41) is 0. The van der Waals surface area contributed by atoms with Gasteiger partial charge in [-0.3, -0.25) is 0 Å². The molecule has 0 nitrogen and oxygen atoms in total. The van der Waals surface area contributed by atoms with Crippen molar-refractivity contribution in [2.45, 2.75) is 37.9 Å². The Balaban J connectivity index is 2.79. The van der Waals surface area contributed by atoms with Crippen molar-refractivity contribution in [3.8, 4) is 0 Å². The molecule has 0 aliphatic heterocycles. The Hall–Kier alpha value is -0.0800. The van der Waals surface area contributed by atoms with Crippen molar-refractivity contribution >= 4 is 33.3 Å². The monoisotopic (exact) mass is 272 g/mol. The first-order valence-corrected chi connectivity index (χ1v) is 6.55. The average molecular weight is 273 g/mol. The van der Waals surface area contributed by atoms with Gasteiger partial charge in [0.05, 0.1) is 0 Å². The lowest BCUT2D eigenvalue weighted by molar-refractivity contribution is 0.604. The van der Waals surface area contributed by atoms with Crippen molar-refractivity contribution in [2.24, 2.45) is 0 Å². The van der Waals surface area contributed by atoms with Gasteiger partial charge in [0, 0.05) is 14.6 Å². The number of rotatable bonds is 2. The average Bonchev–Trinajstić information content (AvgIpc) is 2.47. The van der Waals surface area contributed by atoms with Crippen LogP contribution in [0.2, 0.25) is 0 Å². The van der Waals surface area contributed by atoms with Crippen LogP contribution < -0.4 is 0 Å². The molecule has 1 rings (SSSR count). The first kappa shape index (κ1) is 12.0. The second-order valence-electron chi connectivity index (χ2n) is 4.49. The second kappa shape index (κ2) is 4.63. The molecule has 78 valence electrons. The fourth-order valence-electron chi connectivity index (χ4n) is 1.07. The van der Waals surface area contributed by atoms with Gasteiger partial charge in [-0.1, -0.05) is 42.8 Å². The van der Waals surface area contributed by atoms with Crippen LogP contribution in [0.4, 0.5) is 0 Å². The lowest BCUT2D eigenvalue weighted by Crippen LogP contribution is -2.07. The number of hydrogen-bond acceptors (Lipinski definition) is 1. The highest BCUT2D eigenvalue weighted by Crippen LogP contribution is 2.30. The van der Waals surface area contributed by atoms with Crippen LogP contribution in [0.1, 0.15) is 37.4 Å². The van der Waals surface area contributed by atoms with Crippen LogP contribution in [0.25, 0.3) is 6.08 Å². The largest absolute Gasteiger partial charge is 0.140 e. The Morgan fingerprint density at radius 3 is 2.43 bits per heavy atom. The molecule has 0 fully saturated rings. The molecule has 2 heteroatoms. The van der Waals surface area contributed by atoms with Crippen molar-refractivity contribution < 1.29 is 0 Å². The van der Waals surface area contributed by atoms with E-state index in [9.17, 15) is 0 Å². The minimum atomic E-state index is 0.275.